The Balaban J connectivity index is 1.74. The Morgan fingerprint density at radius 2 is 0.875 bits per heavy atom. The summed E-state index contributed by atoms with van der Waals surface area (Å²) in [7, 11) is 0. The van der Waals surface area contributed by atoms with Crippen molar-refractivity contribution in [2.75, 3.05) is 10.6 Å². The molecule has 0 bridgehead atoms. The Kier molecular flexibility index (Phi) is 9.39. The smallest absolute Gasteiger partial charge is 0.412 e. The summed E-state index contributed by atoms with van der Waals surface area (Å²) >= 11 is 0. The molecule has 2 N–H and O–H groups in total. The molecule has 2 aromatic rings. The number of benzene rings is 2. The molecule has 2 atom stereocenters. The number of rotatable bonds is 8. The molecule has 3 rings (SSSR count). The van der Waals surface area contributed by atoms with Crippen LogP contribution in [0.2, 0.25) is 0 Å². The van der Waals surface area contributed by atoms with Gasteiger partial charge in [-0.05, 0) is 25.7 Å². The first kappa shape index (κ1) is 29.1. The van der Waals surface area contributed by atoms with Crippen LogP contribution in [0.25, 0.3) is 0 Å². The van der Waals surface area contributed by atoms with E-state index in [1.807, 2.05) is 0 Å². The quantitative estimate of drug-likeness (QED) is 0.311. The van der Waals surface area contributed by atoms with Crippen molar-refractivity contribution in [1.82, 2.24) is 0 Å². The molecule has 0 saturated heterocycles. The van der Waals surface area contributed by atoms with Crippen molar-refractivity contribution >= 4 is 46.3 Å². The summed E-state index contributed by atoms with van der Waals surface area (Å²) in [5.41, 5.74) is -3.05. The van der Waals surface area contributed by atoms with E-state index in [4.69, 9.17) is 9.47 Å². The van der Waals surface area contributed by atoms with Crippen LogP contribution < -0.4 is 10.6 Å². The Bertz CT molecular complexity index is 1180. The van der Waals surface area contributed by atoms with E-state index in [0.717, 1.165) is 49.2 Å². The van der Waals surface area contributed by atoms with Crippen LogP contribution in [0.1, 0.15) is 38.5 Å². The summed E-state index contributed by atoms with van der Waals surface area (Å²) in [6.45, 7) is 0. The number of nitrogens with one attached hydrogen (secondary N) is 2. The number of hydrogen-bond acceptors (Lipinski definition) is 12. The van der Waals surface area contributed by atoms with Crippen LogP contribution in [-0.2, 0) is 9.47 Å². The lowest BCUT2D eigenvalue weighted by atomic mass is 9.96. The second-order valence-corrected chi connectivity index (χ2v) is 8.63. The summed E-state index contributed by atoms with van der Waals surface area (Å²) in [5, 5.41) is 48.8. The summed E-state index contributed by atoms with van der Waals surface area (Å²) in [6, 6.07) is 5.09. The molecule has 18 nitrogen and oxygen atoms in total. The fourth-order valence-corrected chi connectivity index (χ4v) is 4.01. The Morgan fingerprint density at radius 3 is 1.15 bits per heavy atom. The van der Waals surface area contributed by atoms with Gasteiger partial charge in [0.15, 0.2) is 0 Å². The molecular weight excluding hydrogens is 540 g/mol. The van der Waals surface area contributed by atoms with Gasteiger partial charge in [-0.25, -0.2) is 9.59 Å². The largest absolute Gasteiger partial charge is 0.442 e. The van der Waals surface area contributed by atoms with Crippen molar-refractivity contribution < 1.29 is 38.8 Å². The third-order valence-electron chi connectivity index (χ3n) is 5.80. The SMILES string of the molecule is O=C(Nc1cc([N+](=O)[O-])cc([N+](=O)[O-])c1)O[C@H]1CCCCCC[C@@H]1OC(=O)Nc1cc([N+](=O)[O-])cc([N+](=O)[O-])c1. The lowest BCUT2D eigenvalue weighted by molar-refractivity contribution is -0.394. The minimum absolute atomic E-state index is 0.265. The van der Waals surface area contributed by atoms with Crippen molar-refractivity contribution in [3.8, 4) is 0 Å². The van der Waals surface area contributed by atoms with Crippen LogP contribution >= 0.6 is 0 Å². The van der Waals surface area contributed by atoms with E-state index in [-0.39, 0.29) is 24.2 Å². The van der Waals surface area contributed by atoms with E-state index in [0.29, 0.717) is 12.8 Å². The van der Waals surface area contributed by atoms with Crippen LogP contribution in [0.4, 0.5) is 43.7 Å². The normalized spacial score (nSPS) is 16.9. The zero-order valence-electron chi connectivity index (χ0n) is 20.5. The van der Waals surface area contributed by atoms with Crippen LogP contribution in [0, 0.1) is 40.5 Å². The molecule has 0 aliphatic heterocycles. The van der Waals surface area contributed by atoms with Crippen LogP contribution in [-0.4, -0.2) is 44.1 Å². The lowest BCUT2D eigenvalue weighted by Crippen LogP contribution is -2.38. The molecule has 2 aromatic carbocycles. The standard InChI is InChI=1S/C22H22N6O12/c29-21(23-13-7-15(25(31)32)11-16(8-13)26(33)34)39-19-5-3-1-2-4-6-20(19)40-22(30)24-14-9-17(27(35)36)12-18(10-14)28(37)38/h7-12,19-20H,1-6H2,(H,23,29)(H,24,30)/t19-,20-/m0/s1. The topological polar surface area (TPSA) is 249 Å². The van der Waals surface area contributed by atoms with Gasteiger partial charge in [0, 0.05) is 24.3 Å². The number of nitro benzene ring substituents is 4. The number of non-ortho nitro benzene ring substituents is 4. The fraction of sp³-hybridized carbons (Fsp3) is 0.364. The molecule has 1 fully saturated rings. The second kappa shape index (κ2) is 12.9. The average Bonchev–Trinajstić information content (AvgIpc) is 2.87. The summed E-state index contributed by atoms with van der Waals surface area (Å²) in [5.74, 6) is 0. The number of carbonyl (C=O) groups is 2. The zero-order valence-corrected chi connectivity index (χ0v) is 20.5. The monoisotopic (exact) mass is 562 g/mol. The van der Waals surface area contributed by atoms with E-state index in [9.17, 15) is 50.0 Å². The van der Waals surface area contributed by atoms with Crippen molar-refractivity contribution in [2.45, 2.75) is 50.7 Å². The predicted molar refractivity (Wildman–Crippen MR) is 135 cm³/mol. The number of anilines is 2. The number of carbonyl (C=O) groups excluding carboxylic acids is 2. The number of nitrogens with zero attached hydrogens (tertiary/aromatic N) is 4. The number of nitro groups is 4. The molecule has 0 spiro atoms. The Hall–Kier alpha value is -5.42. The van der Waals surface area contributed by atoms with Crippen LogP contribution in [0.15, 0.2) is 36.4 Å². The molecule has 0 aromatic heterocycles. The Morgan fingerprint density at radius 1 is 0.575 bits per heavy atom. The van der Waals surface area contributed by atoms with E-state index in [1.165, 1.54) is 0 Å². The number of ether oxygens (including phenoxy) is 2. The van der Waals surface area contributed by atoms with Gasteiger partial charge in [0.1, 0.15) is 12.2 Å². The maximum atomic E-state index is 12.6. The van der Waals surface area contributed by atoms with E-state index < -0.39 is 66.8 Å². The zero-order chi connectivity index (χ0) is 29.4. The van der Waals surface area contributed by atoms with Crippen molar-refractivity contribution in [2.24, 2.45) is 0 Å². The van der Waals surface area contributed by atoms with E-state index in [2.05, 4.69) is 10.6 Å². The first-order valence-corrected chi connectivity index (χ1v) is 11.8. The number of hydrogen-bond donors (Lipinski definition) is 2. The highest BCUT2D eigenvalue weighted by atomic mass is 16.6. The van der Waals surface area contributed by atoms with Crippen LogP contribution in [0.3, 0.4) is 0 Å². The first-order chi connectivity index (χ1) is 18.9. The molecule has 0 unspecified atom stereocenters. The maximum Gasteiger partial charge on any atom is 0.412 e. The highest BCUT2D eigenvalue weighted by Crippen LogP contribution is 2.29. The second-order valence-electron chi connectivity index (χ2n) is 8.63. The molecule has 1 saturated carbocycles. The van der Waals surface area contributed by atoms with Gasteiger partial charge >= 0.3 is 12.2 Å². The third kappa shape index (κ3) is 8.04. The molecule has 18 heteroatoms. The van der Waals surface area contributed by atoms with Gasteiger partial charge in [-0.1, -0.05) is 12.8 Å². The van der Waals surface area contributed by atoms with E-state index in [1.54, 1.807) is 0 Å². The summed E-state index contributed by atoms with van der Waals surface area (Å²) in [4.78, 5) is 66.2. The van der Waals surface area contributed by atoms with Crippen LogP contribution in [0.5, 0.6) is 0 Å². The molecule has 0 heterocycles. The molecule has 40 heavy (non-hydrogen) atoms. The highest BCUT2D eigenvalue weighted by Gasteiger charge is 2.30. The fourth-order valence-electron chi connectivity index (χ4n) is 4.01. The molecule has 1 aliphatic carbocycles. The average molecular weight is 562 g/mol. The van der Waals surface area contributed by atoms with Crippen molar-refractivity contribution in [1.29, 1.82) is 0 Å². The maximum absolute atomic E-state index is 12.6. The van der Waals surface area contributed by atoms with Gasteiger partial charge in [-0.2, -0.15) is 0 Å². The van der Waals surface area contributed by atoms with Gasteiger partial charge in [-0.3, -0.25) is 51.1 Å². The first-order valence-electron chi connectivity index (χ1n) is 11.8. The van der Waals surface area contributed by atoms with Gasteiger partial charge in [0.25, 0.3) is 22.7 Å². The molecule has 2 amide bonds. The van der Waals surface area contributed by atoms with Gasteiger partial charge in [0.2, 0.25) is 0 Å². The van der Waals surface area contributed by atoms with Gasteiger partial charge < -0.3 is 9.47 Å². The van der Waals surface area contributed by atoms with Crippen molar-refractivity contribution in [3.63, 3.8) is 0 Å². The van der Waals surface area contributed by atoms with E-state index >= 15 is 0 Å². The Labute approximate surface area is 223 Å². The molecular formula is C22H22N6O12. The lowest BCUT2D eigenvalue weighted by Gasteiger charge is -2.28. The third-order valence-corrected chi connectivity index (χ3v) is 5.80. The molecule has 212 valence electrons. The van der Waals surface area contributed by atoms with Crippen molar-refractivity contribution in [3.05, 3.63) is 76.9 Å². The summed E-state index contributed by atoms with van der Waals surface area (Å²) in [6.07, 6.45) is -0.863. The molecule has 0 radical (unpaired) electrons. The number of amides is 2. The highest BCUT2D eigenvalue weighted by molar-refractivity contribution is 5.87. The summed E-state index contributed by atoms with van der Waals surface area (Å²) < 4.78 is 10.8. The predicted octanol–water partition coefficient (Wildman–Crippen LogP) is 5.21. The molecule has 1 aliphatic rings. The van der Waals surface area contributed by atoms with Gasteiger partial charge in [-0.15, -0.1) is 0 Å². The minimum atomic E-state index is -1.11. The minimum Gasteiger partial charge on any atom is -0.442 e. The van der Waals surface area contributed by atoms with Gasteiger partial charge in [0.05, 0.1) is 43.2 Å².